The number of allylic oxidation sites excluding steroid dienone is 1. The van der Waals surface area contributed by atoms with E-state index in [-0.39, 0.29) is 54.2 Å². The van der Waals surface area contributed by atoms with E-state index < -0.39 is 64.5 Å². The van der Waals surface area contributed by atoms with Gasteiger partial charge < -0.3 is 41.1 Å². The minimum absolute atomic E-state index is 0.0104. The minimum Gasteiger partial charge on any atom is -0.733 e. The topological polar surface area (TPSA) is 243 Å². The Morgan fingerprint density at radius 1 is 0.964 bits per heavy atom. The SMILES string of the molecule is C[C@]12CCC(=O)C=C1CC[C@H]1[C@H]2CC[C@]2(C)[C@H]1CC[C@]2(O)C(=O)COC(=O)CCC(=O)NCCCCCC(=O)N[C@H](C(=O)O)[C@H](O)c1cccc(N([O-])O)c1. The molecule has 0 aromatic heterocycles. The van der Waals surface area contributed by atoms with Crippen LogP contribution in [0.4, 0.5) is 5.69 Å². The number of hydrogen-bond donors (Lipinski definition) is 6. The van der Waals surface area contributed by atoms with E-state index in [2.05, 4.69) is 17.6 Å². The van der Waals surface area contributed by atoms with Crippen molar-refractivity contribution in [2.45, 2.75) is 121 Å². The highest BCUT2D eigenvalue weighted by Gasteiger charge is 2.66. The Morgan fingerprint density at radius 3 is 2.44 bits per heavy atom. The highest BCUT2D eigenvalue weighted by molar-refractivity contribution is 5.92. The molecule has 0 heterocycles. The van der Waals surface area contributed by atoms with Crippen molar-refractivity contribution in [2.75, 3.05) is 18.4 Å². The van der Waals surface area contributed by atoms with E-state index in [0.717, 1.165) is 38.2 Å². The first-order valence-electron chi connectivity index (χ1n) is 19.4. The molecular formula is C40H54N3O12-. The van der Waals surface area contributed by atoms with E-state index in [1.165, 1.54) is 23.8 Å². The van der Waals surface area contributed by atoms with Crippen LogP contribution < -0.4 is 15.9 Å². The first-order chi connectivity index (χ1) is 26.0. The number of hydrogen-bond acceptors (Lipinski definition) is 12. The second-order valence-electron chi connectivity index (χ2n) is 16.3. The summed E-state index contributed by atoms with van der Waals surface area (Å²) < 4.78 is 5.25. The number of carbonyl (C=O) groups excluding carboxylic acids is 5. The number of esters is 1. The number of nitrogens with zero attached hydrogens (tertiary/aromatic N) is 1. The lowest BCUT2D eigenvalue weighted by molar-refractivity contribution is -0.170. The number of anilines is 1. The summed E-state index contributed by atoms with van der Waals surface area (Å²) >= 11 is 0. The van der Waals surface area contributed by atoms with Gasteiger partial charge in [-0.2, -0.15) is 0 Å². The molecule has 6 N–H and O–H groups in total. The van der Waals surface area contributed by atoms with Gasteiger partial charge in [-0.1, -0.05) is 38.0 Å². The summed E-state index contributed by atoms with van der Waals surface area (Å²) in [5.74, 6) is -2.60. The fourth-order valence-corrected chi connectivity index (χ4v) is 10.0. The molecular weight excluding hydrogens is 714 g/mol. The molecule has 1 aromatic rings. The number of nitrogens with one attached hydrogen (secondary N) is 2. The number of unbranched alkanes of at least 4 members (excludes halogenated alkanes) is 2. The molecule has 55 heavy (non-hydrogen) atoms. The van der Waals surface area contributed by atoms with Crippen molar-refractivity contribution in [1.29, 1.82) is 0 Å². The largest absolute Gasteiger partial charge is 0.733 e. The molecule has 1 aromatic carbocycles. The predicted octanol–water partition coefficient (Wildman–Crippen LogP) is 3.81. The van der Waals surface area contributed by atoms with E-state index in [1.807, 2.05) is 13.0 Å². The first kappa shape index (κ1) is 42.0. The summed E-state index contributed by atoms with van der Waals surface area (Å²) in [6.45, 7) is 4.00. The molecule has 2 amide bonds. The average Bonchev–Trinajstić information content (AvgIpc) is 3.44. The predicted molar refractivity (Wildman–Crippen MR) is 197 cm³/mol. The maximum absolute atomic E-state index is 13.5. The number of fused-ring (bicyclic) bond motifs is 5. The first-order valence-corrected chi connectivity index (χ1v) is 19.4. The van der Waals surface area contributed by atoms with Crippen molar-refractivity contribution < 1.29 is 54.0 Å². The van der Waals surface area contributed by atoms with Crippen LogP contribution in [0, 0.1) is 33.8 Å². The zero-order chi connectivity index (χ0) is 40.1. The number of ketones is 2. The summed E-state index contributed by atoms with van der Waals surface area (Å²) in [4.78, 5) is 74.6. The van der Waals surface area contributed by atoms with Gasteiger partial charge in [-0.15, -0.1) is 0 Å². The molecule has 0 unspecified atom stereocenters. The third kappa shape index (κ3) is 8.95. The number of carboxylic acid groups (broad SMARTS) is 1. The summed E-state index contributed by atoms with van der Waals surface area (Å²) in [7, 11) is 0. The van der Waals surface area contributed by atoms with E-state index in [4.69, 9.17) is 9.94 Å². The van der Waals surface area contributed by atoms with Gasteiger partial charge in [0.1, 0.15) is 11.7 Å². The molecule has 3 saturated carbocycles. The van der Waals surface area contributed by atoms with Gasteiger partial charge in [-0.25, -0.2) is 4.79 Å². The Morgan fingerprint density at radius 2 is 1.71 bits per heavy atom. The van der Waals surface area contributed by atoms with Crippen molar-refractivity contribution in [3.63, 3.8) is 0 Å². The van der Waals surface area contributed by atoms with Gasteiger partial charge in [0.05, 0.1) is 12.1 Å². The third-order valence-corrected chi connectivity index (χ3v) is 13.2. The zero-order valence-electron chi connectivity index (χ0n) is 31.6. The lowest BCUT2D eigenvalue weighted by Gasteiger charge is -2.58. The zero-order valence-corrected chi connectivity index (χ0v) is 31.6. The monoisotopic (exact) mass is 768 g/mol. The molecule has 0 saturated heterocycles. The molecule has 0 aliphatic heterocycles. The van der Waals surface area contributed by atoms with Gasteiger partial charge in [0.15, 0.2) is 18.4 Å². The van der Waals surface area contributed by atoms with Crippen LogP contribution in [-0.4, -0.2) is 80.6 Å². The molecule has 3 fully saturated rings. The average molecular weight is 769 g/mol. The number of carboxylic acids is 1. The Bertz CT molecular complexity index is 1680. The van der Waals surface area contributed by atoms with Crippen LogP contribution in [-0.2, 0) is 33.5 Å². The number of aliphatic hydroxyl groups excluding tert-OH is 1. The maximum atomic E-state index is 13.5. The van der Waals surface area contributed by atoms with Gasteiger partial charge in [0.25, 0.3) is 0 Å². The summed E-state index contributed by atoms with van der Waals surface area (Å²) in [6.07, 6.45) is 6.91. The molecule has 0 bridgehead atoms. The number of aliphatic hydroxyl groups is 2. The number of carbonyl (C=O) groups is 6. The van der Waals surface area contributed by atoms with Gasteiger partial charge in [-0.3, -0.25) is 29.2 Å². The normalized spacial score (nSPS) is 29.4. The van der Waals surface area contributed by atoms with Crippen LogP contribution in [0.25, 0.3) is 0 Å². The van der Waals surface area contributed by atoms with E-state index in [0.29, 0.717) is 50.4 Å². The van der Waals surface area contributed by atoms with E-state index in [9.17, 15) is 49.3 Å². The molecule has 15 nitrogen and oxygen atoms in total. The minimum atomic E-state index is -1.70. The summed E-state index contributed by atoms with van der Waals surface area (Å²) in [6, 6.07) is 3.36. The fourth-order valence-electron chi connectivity index (χ4n) is 10.0. The molecule has 15 heteroatoms. The Hall–Kier alpha value is -4.18. The van der Waals surface area contributed by atoms with Crippen LogP contribution in [0.15, 0.2) is 35.9 Å². The Labute approximate surface area is 320 Å². The van der Waals surface area contributed by atoms with Crippen molar-refractivity contribution in [1.82, 2.24) is 10.6 Å². The van der Waals surface area contributed by atoms with Gasteiger partial charge in [-0.05, 0) is 105 Å². The standard InChI is InChI=1S/C40H54N3O12/c1-38-17-14-27(44)22-25(38)10-11-28-29(38)15-18-39(2)30(28)16-19-40(39,52)31(45)23-55-34(48)13-12-32(46)41-20-5-3-4-9-33(47)42-35(37(50)51)36(49)24-7-6-8-26(21-24)43(53)54/h6-8,21-22,28-30,35-36,49,52-53H,3-5,9-20,23H2,1-2H3,(H,41,46)(H,42,47)(H,50,51)/q-1/t28-,29+,30-,35-,36+,38-,39+,40-/m0/s1. The molecule has 0 radical (unpaired) electrons. The molecule has 4 aliphatic carbocycles. The lowest BCUT2D eigenvalue weighted by Crippen LogP contribution is -2.58. The van der Waals surface area contributed by atoms with Crippen LogP contribution in [0.5, 0.6) is 0 Å². The number of amides is 2. The Balaban J connectivity index is 0.973. The third-order valence-electron chi connectivity index (χ3n) is 13.2. The number of benzene rings is 1. The molecule has 0 spiro atoms. The Kier molecular flexibility index (Phi) is 13.2. The molecule has 5 rings (SSSR count). The van der Waals surface area contributed by atoms with Crippen LogP contribution in [0.3, 0.4) is 0 Å². The van der Waals surface area contributed by atoms with E-state index >= 15 is 0 Å². The van der Waals surface area contributed by atoms with Gasteiger partial charge in [0, 0.05) is 31.2 Å². The van der Waals surface area contributed by atoms with Crippen molar-refractivity contribution in [3.05, 3.63) is 46.7 Å². The fraction of sp³-hybridized carbons (Fsp3) is 0.650. The number of ether oxygens (including phenoxy) is 1. The van der Waals surface area contributed by atoms with Crippen LogP contribution in [0.1, 0.15) is 115 Å². The molecule has 8 atom stereocenters. The smallest absolute Gasteiger partial charge is 0.329 e. The van der Waals surface area contributed by atoms with Crippen LogP contribution >= 0.6 is 0 Å². The summed E-state index contributed by atoms with van der Waals surface area (Å²) in [5, 5.41) is 56.6. The lowest BCUT2D eigenvalue weighted by atomic mass is 9.46. The maximum Gasteiger partial charge on any atom is 0.329 e. The van der Waals surface area contributed by atoms with Crippen molar-refractivity contribution in [2.24, 2.45) is 28.6 Å². The second-order valence-corrected chi connectivity index (χ2v) is 16.3. The highest BCUT2D eigenvalue weighted by Crippen LogP contribution is 2.67. The quantitative estimate of drug-likeness (QED) is 0.0751. The second kappa shape index (κ2) is 17.3. The van der Waals surface area contributed by atoms with Gasteiger partial charge in [0.2, 0.25) is 17.6 Å². The number of Topliss-reactive ketones (excluding diaryl/α,β-unsaturated/α-hetero) is 1. The number of rotatable bonds is 17. The highest BCUT2D eigenvalue weighted by atomic mass is 16.8. The van der Waals surface area contributed by atoms with Crippen molar-refractivity contribution >= 4 is 41.0 Å². The van der Waals surface area contributed by atoms with E-state index in [1.54, 1.807) is 0 Å². The number of aliphatic carboxylic acids is 1. The van der Waals surface area contributed by atoms with Gasteiger partial charge >= 0.3 is 11.9 Å². The molecule has 302 valence electrons. The summed E-state index contributed by atoms with van der Waals surface area (Å²) in [5.41, 5.74) is -1.21. The van der Waals surface area contributed by atoms with Crippen molar-refractivity contribution in [3.8, 4) is 0 Å². The van der Waals surface area contributed by atoms with Crippen LogP contribution in [0.2, 0.25) is 0 Å². The molecule has 4 aliphatic rings.